The quantitative estimate of drug-likeness (QED) is 0.881. The number of nitrogens with two attached hydrogens (primary N) is 1. The van der Waals surface area contributed by atoms with Gasteiger partial charge in [-0.15, -0.1) is 11.3 Å². The molecule has 0 bridgehead atoms. The number of hydrogen-bond donors (Lipinski definition) is 1. The fourth-order valence-electron chi connectivity index (χ4n) is 1.82. The molecule has 2 N–H and O–H groups in total. The van der Waals surface area contributed by atoms with Crippen LogP contribution in [-0.4, -0.2) is 0 Å². The van der Waals surface area contributed by atoms with Crippen molar-refractivity contribution < 1.29 is 4.39 Å². The van der Waals surface area contributed by atoms with Gasteiger partial charge in [0.1, 0.15) is 5.82 Å². The standard InChI is InChI=1S/C14H15BrFNS/c1-2-11-4-6-14(18-11)13(17)8-9-7-10(15)3-5-12(9)16/h3-7,13H,2,8,17H2,1H3. The summed E-state index contributed by atoms with van der Waals surface area (Å²) >= 11 is 5.06. The molecule has 1 atom stereocenters. The summed E-state index contributed by atoms with van der Waals surface area (Å²) in [4.78, 5) is 2.43. The van der Waals surface area contributed by atoms with Gasteiger partial charge in [-0.3, -0.25) is 0 Å². The molecule has 1 heterocycles. The highest BCUT2D eigenvalue weighted by atomic mass is 79.9. The number of aryl methyl sites for hydroxylation is 1. The molecule has 1 aromatic carbocycles. The second-order valence-corrected chi connectivity index (χ2v) is 6.32. The molecular formula is C14H15BrFNS. The molecule has 0 radical (unpaired) electrons. The second kappa shape index (κ2) is 5.95. The molecule has 0 fully saturated rings. The van der Waals surface area contributed by atoms with Gasteiger partial charge in [0.25, 0.3) is 0 Å². The van der Waals surface area contributed by atoms with E-state index in [0.717, 1.165) is 15.8 Å². The number of halogens is 2. The van der Waals surface area contributed by atoms with Crippen LogP contribution in [0, 0.1) is 5.82 Å². The number of hydrogen-bond acceptors (Lipinski definition) is 2. The Kier molecular flexibility index (Phi) is 4.54. The Bertz CT molecular complexity index is 538. The van der Waals surface area contributed by atoms with Crippen molar-refractivity contribution >= 4 is 27.3 Å². The summed E-state index contributed by atoms with van der Waals surface area (Å²) in [7, 11) is 0. The number of rotatable bonds is 4. The fourth-order valence-corrected chi connectivity index (χ4v) is 3.18. The van der Waals surface area contributed by atoms with E-state index in [2.05, 4.69) is 28.9 Å². The van der Waals surface area contributed by atoms with Gasteiger partial charge in [0.2, 0.25) is 0 Å². The van der Waals surface area contributed by atoms with Crippen molar-refractivity contribution in [2.45, 2.75) is 25.8 Å². The van der Waals surface area contributed by atoms with Gasteiger partial charge in [-0.05, 0) is 48.7 Å². The van der Waals surface area contributed by atoms with Crippen LogP contribution in [0.3, 0.4) is 0 Å². The van der Waals surface area contributed by atoms with Gasteiger partial charge in [-0.25, -0.2) is 4.39 Å². The maximum Gasteiger partial charge on any atom is 0.126 e. The third-order valence-electron chi connectivity index (χ3n) is 2.84. The Hall–Kier alpha value is -0.710. The molecule has 1 nitrogen and oxygen atoms in total. The van der Waals surface area contributed by atoms with Crippen LogP contribution in [-0.2, 0) is 12.8 Å². The Labute approximate surface area is 119 Å². The maximum absolute atomic E-state index is 13.6. The van der Waals surface area contributed by atoms with Crippen LogP contribution < -0.4 is 5.73 Å². The molecule has 0 aliphatic rings. The predicted molar refractivity (Wildman–Crippen MR) is 78.4 cm³/mol. The molecule has 1 aromatic heterocycles. The van der Waals surface area contributed by atoms with E-state index in [1.165, 1.54) is 10.9 Å². The summed E-state index contributed by atoms with van der Waals surface area (Å²) in [5, 5.41) is 0. The average Bonchev–Trinajstić information content (AvgIpc) is 2.82. The highest BCUT2D eigenvalue weighted by Gasteiger charge is 2.12. The zero-order valence-corrected chi connectivity index (χ0v) is 12.5. The first-order chi connectivity index (χ1) is 8.60. The lowest BCUT2D eigenvalue weighted by Crippen LogP contribution is -2.12. The first-order valence-electron chi connectivity index (χ1n) is 5.88. The molecule has 0 saturated carbocycles. The largest absolute Gasteiger partial charge is 0.323 e. The van der Waals surface area contributed by atoms with Crippen molar-refractivity contribution in [2.75, 3.05) is 0 Å². The minimum Gasteiger partial charge on any atom is -0.323 e. The monoisotopic (exact) mass is 327 g/mol. The van der Waals surface area contributed by atoms with Crippen LogP contribution in [0.15, 0.2) is 34.8 Å². The molecule has 2 rings (SSSR count). The van der Waals surface area contributed by atoms with E-state index in [1.54, 1.807) is 23.5 Å². The van der Waals surface area contributed by atoms with E-state index in [-0.39, 0.29) is 11.9 Å². The lowest BCUT2D eigenvalue weighted by atomic mass is 10.0. The van der Waals surface area contributed by atoms with Crippen molar-refractivity contribution in [1.29, 1.82) is 0 Å². The van der Waals surface area contributed by atoms with Gasteiger partial charge in [-0.2, -0.15) is 0 Å². The van der Waals surface area contributed by atoms with Gasteiger partial charge in [0.15, 0.2) is 0 Å². The smallest absolute Gasteiger partial charge is 0.126 e. The van der Waals surface area contributed by atoms with E-state index in [9.17, 15) is 4.39 Å². The molecule has 0 aliphatic carbocycles. The minimum absolute atomic E-state index is 0.140. The van der Waals surface area contributed by atoms with Gasteiger partial charge >= 0.3 is 0 Å². The molecule has 96 valence electrons. The molecule has 0 spiro atoms. The minimum atomic E-state index is -0.194. The van der Waals surface area contributed by atoms with E-state index in [1.807, 2.05) is 6.07 Å². The molecular weight excluding hydrogens is 313 g/mol. The topological polar surface area (TPSA) is 26.0 Å². The number of benzene rings is 1. The molecule has 0 aliphatic heterocycles. The summed E-state index contributed by atoms with van der Waals surface area (Å²) < 4.78 is 14.5. The van der Waals surface area contributed by atoms with Crippen molar-refractivity contribution in [2.24, 2.45) is 5.73 Å². The van der Waals surface area contributed by atoms with Crippen LogP contribution in [0.5, 0.6) is 0 Å². The SMILES string of the molecule is CCc1ccc(C(N)Cc2cc(Br)ccc2F)s1. The highest BCUT2D eigenvalue weighted by Crippen LogP contribution is 2.26. The van der Waals surface area contributed by atoms with Crippen molar-refractivity contribution in [3.8, 4) is 0 Å². The zero-order valence-electron chi connectivity index (χ0n) is 10.1. The molecule has 0 saturated heterocycles. The molecule has 4 heteroatoms. The summed E-state index contributed by atoms with van der Waals surface area (Å²) in [5.41, 5.74) is 6.80. The van der Waals surface area contributed by atoms with Crippen molar-refractivity contribution in [3.63, 3.8) is 0 Å². The van der Waals surface area contributed by atoms with E-state index < -0.39 is 0 Å². The van der Waals surface area contributed by atoms with E-state index in [4.69, 9.17) is 5.73 Å². The number of thiophene rings is 1. The van der Waals surface area contributed by atoms with Gasteiger partial charge < -0.3 is 5.73 Å². The average molecular weight is 328 g/mol. The predicted octanol–water partition coefficient (Wildman–Crippen LogP) is 4.45. The van der Waals surface area contributed by atoms with Gasteiger partial charge in [0, 0.05) is 20.3 Å². The molecule has 18 heavy (non-hydrogen) atoms. The van der Waals surface area contributed by atoms with Crippen LogP contribution in [0.1, 0.15) is 28.3 Å². The lowest BCUT2D eigenvalue weighted by molar-refractivity contribution is 0.594. The lowest BCUT2D eigenvalue weighted by Gasteiger charge is -2.10. The van der Waals surface area contributed by atoms with E-state index in [0.29, 0.717) is 12.0 Å². The fraction of sp³-hybridized carbons (Fsp3) is 0.286. The summed E-state index contributed by atoms with van der Waals surface area (Å²) in [6.07, 6.45) is 1.54. The summed E-state index contributed by atoms with van der Waals surface area (Å²) in [6, 6.07) is 8.96. The van der Waals surface area contributed by atoms with Gasteiger partial charge in [0.05, 0.1) is 0 Å². The summed E-state index contributed by atoms with van der Waals surface area (Å²) in [6.45, 7) is 2.12. The first-order valence-corrected chi connectivity index (χ1v) is 7.49. The van der Waals surface area contributed by atoms with Gasteiger partial charge in [-0.1, -0.05) is 22.9 Å². The van der Waals surface area contributed by atoms with Crippen LogP contribution in [0.25, 0.3) is 0 Å². The Morgan fingerprint density at radius 1 is 1.33 bits per heavy atom. The second-order valence-electron chi connectivity index (χ2n) is 4.20. The summed E-state index contributed by atoms with van der Waals surface area (Å²) in [5.74, 6) is -0.194. The third-order valence-corrected chi connectivity index (χ3v) is 4.70. The Balaban J connectivity index is 2.15. The third kappa shape index (κ3) is 3.19. The highest BCUT2D eigenvalue weighted by molar-refractivity contribution is 9.10. The van der Waals surface area contributed by atoms with Crippen molar-refractivity contribution in [3.05, 3.63) is 55.9 Å². The Morgan fingerprint density at radius 3 is 2.78 bits per heavy atom. The normalized spacial score (nSPS) is 12.7. The first kappa shape index (κ1) is 13.7. The van der Waals surface area contributed by atoms with Crippen LogP contribution in [0.4, 0.5) is 4.39 Å². The molecule has 2 aromatic rings. The molecule has 1 unspecified atom stereocenters. The van der Waals surface area contributed by atoms with Crippen molar-refractivity contribution in [1.82, 2.24) is 0 Å². The molecule has 0 amide bonds. The van der Waals surface area contributed by atoms with Crippen LogP contribution >= 0.6 is 27.3 Å². The Morgan fingerprint density at radius 2 is 2.11 bits per heavy atom. The van der Waals surface area contributed by atoms with E-state index >= 15 is 0 Å². The van der Waals surface area contributed by atoms with Crippen LogP contribution in [0.2, 0.25) is 0 Å². The maximum atomic E-state index is 13.6. The zero-order chi connectivity index (χ0) is 13.1.